The molecule has 1 aromatic heterocycles. The molecule has 144 valence electrons. The Morgan fingerprint density at radius 3 is 2.39 bits per heavy atom. The molecule has 6 nitrogen and oxygen atoms in total. The summed E-state index contributed by atoms with van der Waals surface area (Å²) in [6.45, 7) is 6.16. The number of pyridine rings is 1. The fourth-order valence-electron chi connectivity index (χ4n) is 2.90. The summed E-state index contributed by atoms with van der Waals surface area (Å²) in [4.78, 5) is 16.7. The molecule has 6 heteroatoms. The van der Waals surface area contributed by atoms with E-state index in [0.717, 1.165) is 11.3 Å². The van der Waals surface area contributed by atoms with Crippen LogP contribution in [0.15, 0.2) is 54.6 Å². The van der Waals surface area contributed by atoms with Gasteiger partial charge in [0.2, 0.25) is 0 Å². The lowest BCUT2D eigenvalue weighted by Crippen LogP contribution is -2.17. The molecule has 3 aromatic rings. The first-order valence-corrected chi connectivity index (χ1v) is 9.02. The van der Waals surface area contributed by atoms with Gasteiger partial charge in [-0.3, -0.25) is 4.79 Å². The number of rotatable bonds is 6. The Kier molecular flexibility index (Phi) is 5.79. The summed E-state index contributed by atoms with van der Waals surface area (Å²) in [6.07, 6.45) is 0. The number of carbonyl (C=O) groups is 1. The van der Waals surface area contributed by atoms with Crippen molar-refractivity contribution < 1.29 is 14.3 Å². The molecule has 0 saturated heterocycles. The average Bonchev–Trinajstić information content (AvgIpc) is 2.64. The van der Waals surface area contributed by atoms with Gasteiger partial charge in [-0.2, -0.15) is 0 Å². The summed E-state index contributed by atoms with van der Waals surface area (Å²) >= 11 is 0. The van der Waals surface area contributed by atoms with Gasteiger partial charge in [0.1, 0.15) is 11.6 Å². The van der Waals surface area contributed by atoms with E-state index in [2.05, 4.69) is 10.3 Å². The molecule has 0 atom stereocenters. The summed E-state index contributed by atoms with van der Waals surface area (Å²) in [7, 11) is 0. The number of anilines is 2. The number of hydrogen-bond acceptors (Lipinski definition) is 5. The van der Waals surface area contributed by atoms with E-state index in [9.17, 15) is 4.79 Å². The number of aryl methyl sites for hydroxylation is 2. The van der Waals surface area contributed by atoms with Crippen LogP contribution in [0.1, 0.15) is 28.5 Å². The normalized spacial score (nSPS) is 10.4. The zero-order valence-corrected chi connectivity index (χ0v) is 16.2. The minimum atomic E-state index is -0.294. The molecular weight excluding hydrogens is 354 g/mol. The molecule has 3 N–H and O–H groups in total. The first-order chi connectivity index (χ1) is 13.5. The van der Waals surface area contributed by atoms with Crippen LogP contribution in [-0.2, 0) is 0 Å². The van der Waals surface area contributed by atoms with Crippen LogP contribution in [0.25, 0.3) is 0 Å². The van der Waals surface area contributed by atoms with Crippen molar-refractivity contribution in [2.24, 2.45) is 0 Å². The summed E-state index contributed by atoms with van der Waals surface area (Å²) in [5.41, 5.74) is 8.51. The lowest BCUT2D eigenvalue weighted by Gasteiger charge is -2.13. The zero-order chi connectivity index (χ0) is 20.1. The molecule has 0 fully saturated rings. The van der Waals surface area contributed by atoms with Crippen LogP contribution in [0.2, 0.25) is 0 Å². The third-order valence-electron chi connectivity index (χ3n) is 4.09. The fourth-order valence-corrected chi connectivity index (χ4v) is 2.90. The molecule has 0 unspecified atom stereocenters. The molecule has 1 heterocycles. The Bertz CT molecular complexity index is 962. The van der Waals surface area contributed by atoms with Gasteiger partial charge in [0.15, 0.2) is 11.5 Å². The Balaban J connectivity index is 1.73. The number of nitrogens with one attached hydrogen (secondary N) is 1. The highest BCUT2D eigenvalue weighted by Crippen LogP contribution is 2.31. The molecule has 28 heavy (non-hydrogen) atoms. The van der Waals surface area contributed by atoms with Crippen molar-refractivity contribution in [2.45, 2.75) is 20.8 Å². The first kappa shape index (κ1) is 19.2. The lowest BCUT2D eigenvalue weighted by molar-refractivity contribution is 0.102. The van der Waals surface area contributed by atoms with Crippen molar-refractivity contribution in [3.8, 4) is 17.2 Å². The highest BCUT2D eigenvalue weighted by atomic mass is 16.5. The van der Waals surface area contributed by atoms with Gasteiger partial charge in [-0.1, -0.05) is 12.1 Å². The van der Waals surface area contributed by atoms with Crippen LogP contribution >= 0.6 is 0 Å². The molecule has 0 radical (unpaired) electrons. The molecule has 0 aliphatic rings. The third kappa shape index (κ3) is 4.40. The summed E-state index contributed by atoms with van der Waals surface area (Å²) in [6, 6.07) is 16.4. The number of hydrogen-bond donors (Lipinski definition) is 2. The summed E-state index contributed by atoms with van der Waals surface area (Å²) < 4.78 is 11.5. The summed E-state index contributed by atoms with van der Waals surface area (Å²) in [5.74, 6) is 1.88. The molecular formula is C22H23N3O3. The van der Waals surface area contributed by atoms with Gasteiger partial charge in [-0.05, 0) is 68.8 Å². The van der Waals surface area contributed by atoms with Crippen molar-refractivity contribution in [2.75, 3.05) is 17.7 Å². The maximum Gasteiger partial charge on any atom is 0.259 e. The second kappa shape index (κ2) is 8.43. The van der Waals surface area contributed by atoms with Crippen molar-refractivity contribution >= 4 is 17.4 Å². The van der Waals surface area contributed by atoms with E-state index in [1.54, 1.807) is 24.3 Å². The van der Waals surface area contributed by atoms with Crippen molar-refractivity contribution in [1.29, 1.82) is 0 Å². The van der Waals surface area contributed by atoms with Gasteiger partial charge >= 0.3 is 0 Å². The first-order valence-electron chi connectivity index (χ1n) is 9.02. The summed E-state index contributed by atoms with van der Waals surface area (Å²) in [5, 5.41) is 2.84. The minimum absolute atomic E-state index is 0.225. The number of amides is 1. The van der Waals surface area contributed by atoms with Gasteiger partial charge in [0, 0.05) is 11.4 Å². The fraction of sp³-hybridized carbons (Fsp3) is 0.182. The van der Waals surface area contributed by atoms with Crippen LogP contribution in [0.5, 0.6) is 17.2 Å². The van der Waals surface area contributed by atoms with Gasteiger partial charge in [0.05, 0.1) is 12.2 Å². The maximum absolute atomic E-state index is 12.6. The molecule has 1 amide bonds. The second-order valence-electron chi connectivity index (χ2n) is 6.30. The van der Waals surface area contributed by atoms with Gasteiger partial charge in [0.25, 0.3) is 5.91 Å². The van der Waals surface area contributed by atoms with E-state index in [1.165, 1.54) is 0 Å². The molecule has 0 aliphatic carbocycles. The number of nitrogens with two attached hydrogens (primary N) is 1. The van der Waals surface area contributed by atoms with Crippen molar-refractivity contribution in [3.05, 3.63) is 71.4 Å². The largest absolute Gasteiger partial charge is 0.490 e. The van der Waals surface area contributed by atoms with E-state index < -0.39 is 0 Å². The Hall–Kier alpha value is -3.54. The van der Waals surface area contributed by atoms with Crippen LogP contribution in [0.4, 0.5) is 11.5 Å². The van der Waals surface area contributed by atoms with E-state index in [1.807, 2.05) is 51.1 Å². The van der Waals surface area contributed by atoms with Gasteiger partial charge < -0.3 is 20.5 Å². The molecule has 0 saturated carbocycles. The Morgan fingerprint density at radius 2 is 1.75 bits per heavy atom. The molecule has 0 aliphatic heterocycles. The highest BCUT2D eigenvalue weighted by Gasteiger charge is 2.15. The standard InChI is InChI=1S/C22H23N3O3/c1-4-27-18-7-5-6-8-19(18)28-17-11-9-16(10-12-17)25-22(26)20-14(2)13-15(3)24-21(20)23/h5-13H,4H2,1-3H3,(H2,23,24)(H,25,26). The number of carbonyl (C=O) groups excluding carboxylic acids is 1. The van der Waals surface area contributed by atoms with Crippen LogP contribution < -0.4 is 20.5 Å². The zero-order valence-electron chi connectivity index (χ0n) is 16.2. The lowest BCUT2D eigenvalue weighted by atomic mass is 10.1. The number of nitrogens with zero attached hydrogens (tertiary/aromatic N) is 1. The van der Waals surface area contributed by atoms with Crippen molar-refractivity contribution in [1.82, 2.24) is 4.98 Å². The van der Waals surface area contributed by atoms with E-state index in [-0.39, 0.29) is 11.7 Å². The second-order valence-corrected chi connectivity index (χ2v) is 6.30. The quantitative estimate of drug-likeness (QED) is 0.649. The Labute approximate surface area is 164 Å². The van der Waals surface area contributed by atoms with Crippen LogP contribution in [0, 0.1) is 13.8 Å². The third-order valence-corrected chi connectivity index (χ3v) is 4.09. The Morgan fingerprint density at radius 1 is 1.07 bits per heavy atom. The van der Waals surface area contributed by atoms with E-state index >= 15 is 0 Å². The number of benzene rings is 2. The van der Waals surface area contributed by atoms with Gasteiger partial charge in [-0.15, -0.1) is 0 Å². The SMILES string of the molecule is CCOc1ccccc1Oc1ccc(NC(=O)c2c(C)cc(C)nc2N)cc1. The molecule has 2 aromatic carbocycles. The highest BCUT2D eigenvalue weighted by molar-refractivity contribution is 6.08. The predicted molar refractivity (Wildman–Crippen MR) is 110 cm³/mol. The van der Waals surface area contributed by atoms with Crippen LogP contribution in [0.3, 0.4) is 0 Å². The predicted octanol–water partition coefficient (Wildman–Crippen LogP) is 4.72. The van der Waals surface area contributed by atoms with Gasteiger partial charge in [-0.25, -0.2) is 4.98 Å². The molecule has 0 spiro atoms. The van der Waals surface area contributed by atoms with Crippen molar-refractivity contribution in [3.63, 3.8) is 0 Å². The number of nitrogen functional groups attached to an aromatic ring is 1. The number of aromatic nitrogens is 1. The molecule has 3 rings (SSSR count). The average molecular weight is 377 g/mol. The number of para-hydroxylation sites is 2. The monoisotopic (exact) mass is 377 g/mol. The maximum atomic E-state index is 12.6. The molecule has 0 bridgehead atoms. The van der Waals surface area contributed by atoms with E-state index in [4.69, 9.17) is 15.2 Å². The van der Waals surface area contributed by atoms with Crippen LogP contribution in [-0.4, -0.2) is 17.5 Å². The number of ether oxygens (including phenoxy) is 2. The smallest absolute Gasteiger partial charge is 0.259 e. The topological polar surface area (TPSA) is 86.5 Å². The van der Waals surface area contributed by atoms with E-state index in [0.29, 0.717) is 35.1 Å². The minimum Gasteiger partial charge on any atom is -0.490 e.